The van der Waals surface area contributed by atoms with E-state index in [4.69, 9.17) is 0 Å². The molecule has 1 atom stereocenters. The monoisotopic (exact) mass is 385 g/mol. The number of piperidine rings is 3. The minimum absolute atomic E-state index is 0.159. The minimum atomic E-state index is -0.215. The summed E-state index contributed by atoms with van der Waals surface area (Å²) in [6.45, 7) is 6.89. The molecule has 3 saturated heterocycles. The highest BCUT2D eigenvalue weighted by Crippen LogP contribution is 2.26. The number of carbonyl (C=O) groups is 1. The second-order valence-electron chi connectivity index (χ2n) is 8.88. The molecule has 3 fully saturated rings. The second kappa shape index (κ2) is 9.38. The van der Waals surface area contributed by atoms with Gasteiger partial charge >= 0.3 is 0 Å². The van der Waals surface area contributed by atoms with Crippen LogP contribution < -0.4 is 0 Å². The van der Waals surface area contributed by atoms with Gasteiger partial charge in [-0.15, -0.1) is 0 Å². The number of aliphatic hydroxyl groups is 1. The van der Waals surface area contributed by atoms with E-state index in [1.54, 1.807) is 0 Å². The molecule has 0 unspecified atom stereocenters. The predicted molar refractivity (Wildman–Crippen MR) is 111 cm³/mol. The van der Waals surface area contributed by atoms with Crippen LogP contribution in [0.3, 0.4) is 0 Å². The first-order valence-corrected chi connectivity index (χ1v) is 11.2. The Hall–Kier alpha value is -1.43. The van der Waals surface area contributed by atoms with Crippen LogP contribution in [0.5, 0.6) is 0 Å². The van der Waals surface area contributed by atoms with Crippen LogP contribution in [-0.4, -0.2) is 77.1 Å². The first kappa shape index (κ1) is 19.9. The van der Waals surface area contributed by atoms with Gasteiger partial charge in [0, 0.05) is 32.2 Å². The van der Waals surface area contributed by atoms with Gasteiger partial charge in [-0.25, -0.2) is 0 Å². The Balaban J connectivity index is 1.25. The van der Waals surface area contributed by atoms with Crippen LogP contribution in [0, 0.1) is 5.92 Å². The third-order valence-corrected chi connectivity index (χ3v) is 6.90. The molecule has 1 aromatic carbocycles. The lowest BCUT2D eigenvalue weighted by Gasteiger charge is -2.43. The zero-order valence-corrected chi connectivity index (χ0v) is 17.0. The normalized spacial score (nSPS) is 26.5. The molecule has 0 aromatic heterocycles. The second-order valence-corrected chi connectivity index (χ2v) is 8.88. The Kier molecular flexibility index (Phi) is 6.65. The molecule has 3 heterocycles. The van der Waals surface area contributed by atoms with Gasteiger partial charge in [0.2, 0.25) is 5.91 Å². The van der Waals surface area contributed by atoms with Crippen molar-refractivity contribution in [1.82, 2.24) is 14.7 Å². The molecule has 0 bridgehead atoms. The Morgan fingerprint density at radius 1 is 0.929 bits per heavy atom. The maximum atomic E-state index is 13.0. The van der Waals surface area contributed by atoms with E-state index < -0.39 is 0 Å². The van der Waals surface area contributed by atoms with Crippen molar-refractivity contribution in [3.63, 3.8) is 0 Å². The zero-order valence-electron chi connectivity index (χ0n) is 17.0. The van der Waals surface area contributed by atoms with Gasteiger partial charge in [0.15, 0.2) is 0 Å². The summed E-state index contributed by atoms with van der Waals surface area (Å²) in [7, 11) is 0. The molecular formula is C23H35N3O2. The van der Waals surface area contributed by atoms with Crippen molar-refractivity contribution in [2.45, 2.75) is 57.2 Å². The molecule has 3 aliphatic rings. The van der Waals surface area contributed by atoms with Gasteiger partial charge in [0.05, 0.1) is 12.0 Å². The van der Waals surface area contributed by atoms with Crippen molar-refractivity contribution in [3.8, 4) is 0 Å². The number of aliphatic hydroxyl groups excluding tert-OH is 1. The van der Waals surface area contributed by atoms with Crippen LogP contribution in [0.2, 0.25) is 0 Å². The van der Waals surface area contributed by atoms with E-state index in [9.17, 15) is 9.90 Å². The van der Waals surface area contributed by atoms with Gasteiger partial charge in [-0.05, 0) is 63.7 Å². The highest BCUT2D eigenvalue weighted by molar-refractivity contribution is 5.79. The Morgan fingerprint density at radius 2 is 1.64 bits per heavy atom. The smallest absolute Gasteiger partial charge is 0.226 e. The fourth-order valence-corrected chi connectivity index (χ4v) is 5.17. The number of carbonyl (C=O) groups excluding carboxylic acids is 1. The lowest BCUT2D eigenvalue weighted by molar-refractivity contribution is -0.139. The van der Waals surface area contributed by atoms with Crippen LogP contribution in [0.1, 0.15) is 44.1 Å². The van der Waals surface area contributed by atoms with E-state index in [0.717, 1.165) is 71.5 Å². The highest BCUT2D eigenvalue weighted by Gasteiger charge is 2.34. The molecule has 5 nitrogen and oxygen atoms in total. The molecule has 0 spiro atoms. The summed E-state index contributed by atoms with van der Waals surface area (Å²) in [5, 5.41) is 9.70. The average molecular weight is 386 g/mol. The van der Waals surface area contributed by atoms with Crippen molar-refractivity contribution in [2.24, 2.45) is 5.92 Å². The summed E-state index contributed by atoms with van der Waals surface area (Å²) in [5.41, 5.74) is 1.40. The SMILES string of the molecule is O=C([C@@H]1CCCN(C2CCN(Cc3ccccc3)CC2)C1)N1CCC(O)CC1. The lowest BCUT2D eigenvalue weighted by atomic mass is 9.92. The van der Waals surface area contributed by atoms with Crippen molar-refractivity contribution in [2.75, 3.05) is 39.3 Å². The van der Waals surface area contributed by atoms with E-state index in [2.05, 4.69) is 40.1 Å². The van der Waals surface area contributed by atoms with Crippen LogP contribution in [0.15, 0.2) is 30.3 Å². The summed E-state index contributed by atoms with van der Waals surface area (Å²) in [6.07, 6.45) is 5.85. The summed E-state index contributed by atoms with van der Waals surface area (Å²) in [4.78, 5) is 20.1. The number of hydrogen-bond donors (Lipinski definition) is 1. The van der Waals surface area contributed by atoms with Crippen molar-refractivity contribution < 1.29 is 9.90 Å². The molecule has 1 aromatic rings. The van der Waals surface area contributed by atoms with E-state index in [0.29, 0.717) is 11.9 Å². The molecule has 28 heavy (non-hydrogen) atoms. The average Bonchev–Trinajstić information content (AvgIpc) is 2.75. The first-order valence-electron chi connectivity index (χ1n) is 11.2. The molecule has 1 N–H and O–H groups in total. The van der Waals surface area contributed by atoms with Crippen molar-refractivity contribution >= 4 is 5.91 Å². The molecule has 4 rings (SSSR count). The van der Waals surface area contributed by atoms with Crippen LogP contribution in [0.25, 0.3) is 0 Å². The van der Waals surface area contributed by atoms with Gasteiger partial charge in [-0.1, -0.05) is 30.3 Å². The summed E-state index contributed by atoms with van der Waals surface area (Å²) in [5.74, 6) is 0.490. The summed E-state index contributed by atoms with van der Waals surface area (Å²) in [6, 6.07) is 11.4. The van der Waals surface area contributed by atoms with Gasteiger partial charge < -0.3 is 10.0 Å². The lowest BCUT2D eigenvalue weighted by Crippen LogP contribution is -2.52. The molecule has 0 radical (unpaired) electrons. The number of benzene rings is 1. The standard InChI is InChI=1S/C23H35N3O2/c27-22-10-15-25(16-11-22)23(28)20-7-4-12-26(18-20)21-8-13-24(14-9-21)17-19-5-2-1-3-6-19/h1-3,5-6,20-22,27H,4,7-18H2/t20-/m1/s1. The minimum Gasteiger partial charge on any atom is -0.393 e. The summed E-state index contributed by atoms with van der Waals surface area (Å²) < 4.78 is 0. The Labute approximate surface area is 169 Å². The third-order valence-electron chi connectivity index (χ3n) is 6.90. The molecule has 5 heteroatoms. The predicted octanol–water partition coefficient (Wildman–Crippen LogP) is 2.35. The number of likely N-dealkylation sites (tertiary alicyclic amines) is 3. The van der Waals surface area contributed by atoms with Crippen molar-refractivity contribution in [1.29, 1.82) is 0 Å². The molecule has 0 aliphatic carbocycles. The van der Waals surface area contributed by atoms with Gasteiger partial charge in [0.1, 0.15) is 0 Å². The maximum Gasteiger partial charge on any atom is 0.226 e. The third kappa shape index (κ3) is 4.94. The summed E-state index contributed by atoms with van der Waals surface area (Å²) >= 11 is 0. The van der Waals surface area contributed by atoms with Gasteiger partial charge in [-0.2, -0.15) is 0 Å². The van der Waals surface area contributed by atoms with E-state index in [1.807, 2.05) is 4.90 Å². The molecule has 0 saturated carbocycles. The van der Waals surface area contributed by atoms with Crippen LogP contribution in [0.4, 0.5) is 0 Å². The van der Waals surface area contributed by atoms with Gasteiger partial charge in [0.25, 0.3) is 0 Å². The van der Waals surface area contributed by atoms with Gasteiger partial charge in [-0.3, -0.25) is 14.6 Å². The number of nitrogens with zero attached hydrogens (tertiary/aromatic N) is 3. The van der Waals surface area contributed by atoms with Crippen LogP contribution in [-0.2, 0) is 11.3 Å². The fraction of sp³-hybridized carbons (Fsp3) is 0.696. The van der Waals surface area contributed by atoms with E-state index >= 15 is 0 Å². The molecular weight excluding hydrogens is 350 g/mol. The number of amides is 1. The largest absolute Gasteiger partial charge is 0.393 e. The molecule has 154 valence electrons. The number of hydrogen-bond acceptors (Lipinski definition) is 4. The zero-order chi connectivity index (χ0) is 19.3. The van der Waals surface area contributed by atoms with E-state index in [-0.39, 0.29) is 12.0 Å². The quantitative estimate of drug-likeness (QED) is 0.864. The first-order chi connectivity index (χ1) is 13.7. The fourth-order valence-electron chi connectivity index (χ4n) is 5.17. The van der Waals surface area contributed by atoms with Crippen LogP contribution >= 0.6 is 0 Å². The Bertz CT molecular complexity index is 622. The van der Waals surface area contributed by atoms with E-state index in [1.165, 1.54) is 18.4 Å². The topological polar surface area (TPSA) is 47.0 Å². The maximum absolute atomic E-state index is 13.0. The van der Waals surface area contributed by atoms with Crippen molar-refractivity contribution in [3.05, 3.63) is 35.9 Å². The Morgan fingerprint density at radius 3 is 2.36 bits per heavy atom. The highest BCUT2D eigenvalue weighted by atomic mass is 16.3. The number of rotatable bonds is 4. The molecule has 3 aliphatic heterocycles. The molecule has 1 amide bonds.